The van der Waals surface area contributed by atoms with Crippen molar-refractivity contribution in [2.24, 2.45) is 0 Å². The molecular weight excluding hydrogens is 310 g/mol. The molecule has 0 aliphatic rings. The molecule has 0 aromatic carbocycles. The molecule has 6 heteroatoms. The Morgan fingerprint density at radius 1 is 1.26 bits per heavy atom. The van der Waals surface area contributed by atoms with E-state index in [2.05, 4.69) is 11.9 Å². The summed E-state index contributed by atoms with van der Waals surface area (Å²) in [7, 11) is 0. The van der Waals surface area contributed by atoms with Crippen molar-refractivity contribution in [3.05, 3.63) is 27.1 Å². The lowest BCUT2D eigenvalue weighted by molar-refractivity contribution is 0.0777. The number of amides is 1. The van der Waals surface area contributed by atoms with Crippen LogP contribution in [0.3, 0.4) is 0 Å². The Balaban J connectivity index is 2.44. The van der Waals surface area contributed by atoms with Gasteiger partial charge in [-0.3, -0.25) is 14.2 Å². The Hall–Kier alpha value is -1.69. The molecule has 0 N–H and O–H groups in total. The van der Waals surface area contributed by atoms with Crippen LogP contribution in [0.25, 0.3) is 10.2 Å². The summed E-state index contributed by atoms with van der Waals surface area (Å²) >= 11 is 1.33. The number of nitrogens with zero attached hydrogens (tertiary/aromatic N) is 3. The summed E-state index contributed by atoms with van der Waals surface area (Å²) in [4.78, 5) is 32.8. The zero-order valence-corrected chi connectivity index (χ0v) is 15.2. The zero-order valence-electron chi connectivity index (χ0n) is 14.4. The third-order valence-electron chi connectivity index (χ3n) is 4.16. The highest BCUT2D eigenvalue weighted by Crippen LogP contribution is 2.28. The number of hydrogen-bond donors (Lipinski definition) is 0. The van der Waals surface area contributed by atoms with Crippen LogP contribution in [0.5, 0.6) is 0 Å². The van der Waals surface area contributed by atoms with Crippen LogP contribution in [0.15, 0.2) is 11.1 Å². The number of aryl methyl sites for hydroxylation is 2. The lowest BCUT2D eigenvalue weighted by Crippen LogP contribution is -2.30. The van der Waals surface area contributed by atoms with Crippen molar-refractivity contribution in [3.63, 3.8) is 0 Å². The summed E-state index contributed by atoms with van der Waals surface area (Å²) in [6.45, 7) is 9.93. The van der Waals surface area contributed by atoms with E-state index in [9.17, 15) is 9.59 Å². The van der Waals surface area contributed by atoms with E-state index in [1.807, 2.05) is 20.8 Å². The highest BCUT2D eigenvalue weighted by atomic mass is 32.1. The standard InChI is InChI=1S/C17H25N3O2S/c1-5-8-9-10-20-11-18-15-13(16(20)21)12(4)14(23-15)17(22)19(6-2)7-3/h11H,5-10H2,1-4H3. The third-order valence-corrected chi connectivity index (χ3v) is 5.35. The van der Waals surface area contributed by atoms with Crippen molar-refractivity contribution in [2.45, 2.75) is 53.5 Å². The van der Waals surface area contributed by atoms with Gasteiger partial charge < -0.3 is 4.90 Å². The smallest absolute Gasteiger partial charge is 0.264 e. The average Bonchev–Trinajstić information content (AvgIpc) is 2.88. The van der Waals surface area contributed by atoms with Crippen molar-refractivity contribution in [1.29, 1.82) is 0 Å². The molecule has 0 atom stereocenters. The minimum absolute atomic E-state index is 0.00701. The molecule has 0 fully saturated rings. The van der Waals surface area contributed by atoms with Crippen LogP contribution < -0.4 is 5.56 Å². The molecule has 0 spiro atoms. The van der Waals surface area contributed by atoms with Crippen LogP contribution in [0, 0.1) is 6.92 Å². The first-order valence-corrected chi connectivity index (χ1v) is 9.14. The molecule has 0 bridgehead atoms. The lowest BCUT2D eigenvalue weighted by atomic mass is 10.2. The summed E-state index contributed by atoms with van der Waals surface area (Å²) in [6, 6.07) is 0. The van der Waals surface area contributed by atoms with Crippen molar-refractivity contribution < 1.29 is 4.79 Å². The molecule has 0 radical (unpaired) electrons. The number of hydrogen-bond acceptors (Lipinski definition) is 4. The molecule has 0 aliphatic carbocycles. The molecule has 5 nitrogen and oxygen atoms in total. The summed E-state index contributed by atoms with van der Waals surface area (Å²) in [6.07, 6.45) is 4.79. The Morgan fingerprint density at radius 2 is 1.96 bits per heavy atom. The van der Waals surface area contributed by atoms with Gasteiger partial charge in [0, 0.05) is 19.6 Å². The van der Waals surface area contributed by atoms with E-state index >= 15 is 0 Å². The second-order valence-electron chi connectivity index (χ2n) is 5.66. The molecule has 23 heavy (non-hydrogen) atoms. The molecule has 0 saturated heterocycles. The van der Waals surface area contributed by atoms with E-state index in [1.54, 1.807) is 15.8 Å². The molecular formula is C17H25N3O2S. The highest BCUT2D eigenvalue weighted by Gasteiger charge is 2.22. The number of carbonyl (C=O) groups excluding carboxylic acids is 1. The van der Waals surface area contributed by atoms with Crippen molar-refractivity contribution in [2.75, 3.05) is 13.1 Å². The second kappa shape index (κ2) is 7.73. The minimum Gasteiger partial charge on any atom is -0.338 e. The van der Waals surface area contributed by atoms with Crippen molar-refractivity contribution in [3.8, 4) is 0 Å². The Kier molecular flexibility index (Phi) is 5.93. The Labute approximate surface area is 140 Å². The number of thiophene rings is 1. The predicted molar refractivity (Wildman–Crippen MR) is 95.4 cm³/mol. The van der Waals surface area contributed by atoms with Gasteiger partial charge >= 0.3 is 0 Å². The molecule has 0 saturated carbocycles. The normalized spacial score (nSPS) is 11.1. The molecule has 2 aromatic heterocycles. The third kappa shape index (κ3) is 3.47. The number of aromatic nitrogens is 2. The average molecular weight is 335 g/mol. The molecule has 1 amide bonds. The van der Waals surface area contributed by atoms with Crippen LogP contribution in [-0.2, 0) is 6.54 Å². The first kappa shape index (κ1) is 17.7. The van der Waals surface area contributed by atoms with E-state index in [4.69, 9.17) is 0 Å². The quantitative estimate of drug-likeness (QED) is 0.728. The monoisotopic (exact) mass is 335 g/mol. The first-order chi connectivity index (χ1) is 11.0. The lowest BCUT2D eigenvalue weighted by Gasteiger charge is -2.17. The van der Waals surface area contributed by atoms with Crippen LogP contribution in [0.1, 0.15) is 55.3 Å². The van der Waals surface area contributed by atoms with Gasteiger partial charge in [0.05, 0.1) is 16.6 Å². The van der Waals surface area contributed by atoms with Crippen LogP contribution in [0.4, 0.5) is 0 Å². The van der Waals surface area contributed by atoms with Gasteiger partial charge in [-0.2, -0.15) is 0 Å². The fourth-order valence-corrected chi connectivity index (χ4v) is 3.82. The van der Waals surface area contributed by atoms with Crippen molar-refractivity contribution in [1.82, 2.24) is 14.5 Å². The zero-order chi connectivity index (χ0) is 17.0. The second-order valence-corrected chi connectivity index (χ2v) is 6.66. The summed E-state index contributed by atoms with van der Waals surface area (Å²) in [5.41, 5.74) is 0.739. The fraction of sp³-hybridized carbons (Fsp3) is 0.588. The number of unbranched alkanes of at least 4 members (excludes halogenated alkanes) is 2. The van der Waals surface area contributed by atoms with Crippen LogP contribution >= 0.6 is 11.3 Å². The highest BCUT2D eigenvalue weighted by molar-refractivity contribution is 7.20. The SMILES string of the molecule is CCCCCn1cnc2sc(C(=O)N(CC)CC)c(C)c2c1=O. The molecule has 0 unspecified atom stereocenters. The molecule has 2 heterocycles. The molecule has 0 aliphatic heterocycles. The van der Waals surface area contributed by atoms with Gasteiger partial charge in [-0.15, -0.1) is 11.3 Å². The van der Waals surface area contributed by atoms with E-state index in [1.165, 1.54) is 11.3 Å². The van der Waals surface area contributed by atoms with E-state index in [-0.39, 0.29) is 11.5 Å². The van der Waals surface area contributed by atoms with Gasteiger partial charge in [0.1, 0.15) is 4.83 Å². The summed E-state index contributed by atoms with van der Waals surface area (Å²) in [5.74, 6) is -0.00701. The topological polar surface area (TPSA) is 55.2 Å². The van der Waals surface area contributed by atoms with Crippen LogP contribution in [0.2, 0.25) is 0 Å². The van der Waals surface area contributed by atoms with E-state index < -0.39 is 0 Å². The van der Waals surface area contributed by atoms with Crippen molar-refractivity contribution >= 4 is 27.5 Å². The maximum absolute atomic E-state index is 12.7. The maximum Gasteiger partial charge on any atom is 0.264 e. The van der Waals surface area contributed by atoms with E-state index in [0.29, 0.717) is 34.7 Å². The van der Waals surface area contributed by atoms with Crippen LogP contribution in [-0.4, -0.2) is 33.4 Å². The molecule has 126 valence electrons. The Morgan fingerprint density at radius 3 is 2.57 bits per heavy atom. The fourth-order valence-electron chi connectivity index (χ4n) is 2.71. The maximum atomic E-state index is 12.7. The van der Waals surface area contributed by atoms with Gasteiger partial charge in [0.25, 0.3) is 11.5 Å². The first-order valence-electron chi connectivity index (χ1n) is 8.32. The van der Waals surface area contributed by atoms with Gasteiger partial charge in [0.15, 0.2) is 0 Å². The van der Waals surface area contributed by atoms with Gasteiger partial charge in [-0.25, -0.2) is 4.98 Å². The van der Waals surface area contributed by atoms with Gasteiger partial charge in [-0.05, 0) is 32.8 Å². The van der Waals surface area contributed by atoms with E-state index in [0.717, 1.165) is 24.8 Å². The Bertz CT molecular complexity index is 744. The largest absolute Gasteiger partial charge is 0.338 e. The summed E-state index contributed by atoms with van der Waals surface area (Å²) in [5, 5.41) is 0.601. The summed E-state index contributed by atoms with van der Waals surface area (Å²) < 4.78 is 1.67. The molecule has 2 rings (SSSR count). The van der Waals surface area contributed by atoms with Gasteiger partial charge in [0.2, 0.25) is 0 Å². The molecule has 2 aromatic rings. The number of rotatable bonds is 7. The van der Waals surface area contributed by atoms with Gasteiger partial charge in [-0.1, -0.05) is 19.8 Å². The minimum atomic E-state index is -0.0292. The predicted octanol–water partition coefficient (Wildman–Crippen LogP) is 3.44. The number of carbonyl (C=O) groups is 1. The number of fused-ring (bicyclic) bond motifs is 1.